The largest absolute Gasteiger partial charge is 0.396 e. The van der Waals surface area contributed by atoms with Gasteiger partial charge in [-0.05, 0) is 38.5 Å². The van der Waals surface area contributed by atoms with Crippen molar-refractivity contribution >= 4 is 6.03 Å². The van der Waals surface area contributed by atoms with Crippen LogP contribution in [-0.4, -0.2) is 53.9 Å². The van der Waals surface area contributed by atoms with E-state index in [9.17, 15) is 9.90 Å². The SMILES string of the molecule is O=C(NC1CCN(C2CCCC2)CC1)NC1CCCCC1CO. The van der Waals surface area contributed by atoms with Gasteiger partial charge in [-0.15, -0.1) is 0 Å². The molecule has 23 heavy (non-hydrogen) atoms. The van der Waals surface area contributed by atoms with Gasteiger partial charge in [0.2, 0.25) is 0 Å². The van der Waals surface area contributed by atoms with Crippen LogP contribution in [0.3, 0.4) is 0 Å². The summed E-state index contributed by atoms with van der Waals surface area (Å²) in [6.45, 7) is 2.43. The Labute approximate surface area is 140 Å². The van der Waals surface area contributed by atoms with Gasteiger partial charge in [-0.25, -0.2) is 4.79 Å². The minimum absolute atomic E-state index is 0.0327. The summed E-state index contributed by atoms with van der Waals surface area (Å²) in [5.74, 6) is 0.235. The van der Waals surface area contributed by atoms with Gasteiger partial charge >= 0.3 is 6.03 Å². The normalized spacial score (nSPS) is 31.2. The molecule has 2 amide bonds. The minimum atomic E-state index is -0.0327. The third-order valence-corrected chi connectivity index (χ3v) is 6.17. The number of hydrogen-bond donors (Lipinski definition) is 3. The summed E-state index contributed by atoms with van der Waals surface area (Å²) >= 11 is 0. The van der Waals surface area contributed by atoms with Gasteiger partial charge in [0, 0.05) is 43.7 Å². The van der Waals surface area contributed by atoms with Crippen molar-refractivity contribution in [3.63, 3.8) is 0 Å². The van der Waals surface area contributed by atoms with Crippen LogP contribution in [0.4, 0.5) is 4.79 Å². The lowest BCUT2D eigenvalue weighted by molar-refractivity contribution is 0.139. The summed E-state index contributed by atoms with van der Waals surface area (Å²) in [4.78, 5) is 14.9. The number of hydrogen-bond acceptors (Lipinski definition) is 3. The Hall–Kier alpha value is -0.810. The number of carbonyl (C=O) groups is 1. The molecule has 0 bridgehead atoms. The second kappa shape index (κ2) is 8.34. The van der Waals surface area contributed by atoms with E-state index in [1.807, 2.05) is 0 Å². The number of rotatable bonds is 4. The van der Waals surface area contributed by atoms with Crippen molar-refractivity contribution in [2.75, 3.05) is 19.7 Å². The molecule has 1 aliphatic heterocycles. The van der Waals surface area contributed by atoms with E-state index in [0.717, 1.165) is 51.2 Å². The molecule has 2 atom stereocenters. The van der Waals surface area contributed by atoms with Crippen LogP contribution in [0.25, 0.3) is 0 Å². The smallest absolute Gasteiger partial charge is 0.315 e. The van der Waals surface area contributed by atoms with E-state index in [0.29, 0.717) is 6.04 Å². The molecule has 2 aliphatic carbocycles. The second-order valence-corrected chi connectivity index (χ2v) is 7.70. The number of aliphatic hydroxyl groups excluding tert-OH is 1. The predicted molar refractivity (Wildman–Crippen MR) is 91.4 cm³/mol. The molecular formula is C18H33N3O2. The zero-order chi connectivity index (χ0) is 16.1. The molecule has 5 nitrogen and oxygen atoms in total. The van der Waals surface area contributed by atoms with Crippen molar-refractivity contribution in [1.29, 1.82) is 0 Å². The minimum Gasteiger partial charge on any atom is -0.396 e. The zero-order valence-corrected chi connectivity index (χ0v) is 14.3. The molecule has 0 spiro atoms. The quantitative estimate of drug-likeness (QED) is 0.743. The van der Waals surface area contributed by atoms with Crippen molar-refractivity contribution in [2.45, 2.75) is 82.3 Å². The van der Waals surface area contributed by atoms with E-state index >= 15 is 0 Å². The summed E-state index contributed by atoms with van der Waals surface area (Å²) in [5.41, 5.74) is 0. The van der Waals surface area contributed by atoms with E-state index in [1.54, 1.807) is 0 Å². The van der Waals surface area contributed by atoms with Gasteiger partial charge in [0.1, 0.15) is 0 Å². The molecular weight excluding hydrogens is 290 g/mol. The highest BCUT2D eigenvalue weighted by Gasteiger charge is 2.29. The first-order chi connectivity index (χ1) is 11.3. The van der Waals surface area contributed by atoms with Gasteiger partial charge in [-0.3, -0.25) is 0 Å². The van der Waals surface area contributed by atoms with E-state index < -0.39 is 0 Å². The summed E-state index contributed by atoms with van der Waals surface area (Å²) in [6.07, 6.45) is 12.0. The van der Waals surface area contributed by atoms with Gasteiger partial charge in [0.15, 0.2) is 0 Å². The molecule has 5 heteroatoms. The summed E-state index contributed by atoms with van der Waals surface area (Å²) < 4.78 is 0. The van der Waals surface area contributed by atoms with Crippen molar-refractivity contribution in [3.05, 3.63) is 0 Å². The Balaban J connectivity index is 1.38. The number of nitrogens with zero attached hydrogens (tertiary/aromatic N) is 1. The van der Waals surface area contributed by atoms with Gasteiger partial charge < -0.3 is 20.6 Å². The Kier molecular flexibility index (Phi) is 6.17. The molecule has 3 fully saturated rings. The molecule has 3 aliphatic rings. The first kappa shape index (κ1) is 17.0. The summed E-state index contributed by atoms with van der Waals surface area (Å²) in [7, 11) is 0. The maximum Gasteiger partial charge on any atom is 0.315 e. The first-order valence-electron chi connectivity index (χ1n) is 9.68. The van der Waals surface area contributed by atoms with Crippen LogP contribution in [0.5, 0.6) is 0 Å². The van der Waals surface area contributed by atoms with Crippen molar-refractivity contribution in [3.8, 4) is 0 Å². The fourth-order valence-corrected chi connectivity index (χ4v) is 4.69. The number of likely N-dealkylation sites (tertiary alicyclic amines) is 1. The van der Waals surface area contributed by atoms with E-state index in [4.69, 9.17) is 0 Å². The zero-order valence-electron chi connectivity index (χ0n) is 14.3. The lowest BCUT2D eigenvalue weighted by atomic mass is 9.85. The Morgan fingerprint density at radius 3 is 2.26 bits per heavy atom. The maximum absolute atomic E-state index is 12.3. The molecule has 1 heterocycles. The Morgan fingerprint density at radius 1 is 0.913 bits per heavy atom. The average molecular weight is 323 g/mol. The highest BCUT2D eigenvalue weighted by atomic mass is 16.3. The average Bonchev–Trinajstić information content (AvgIpc) is 3.10. The molecule has 3 rings (SSSR count). The fourth-order valence-electron chi connectivity index (χ4n) is 4.69. The Morgan fingerprint density at radius 2 is 1.57 bits per heavy atom. The first-order valence-corrected chi connectivity index (χ1v) is 9.68. The molecule has 3 N–H and O–H groups in total. The molecule has 0 aromatic rings. The van der Waals surface area contributed by atoms with Crippen molar-refractivity contribution < 1.29 is 9.90 Å². The fraction of sp³-hybridized carbons (Fsp3) is 0.944. The van der Waals surface area contributed by atoms with Crippen LogP contribution in [0.1, 0.15) is 64.2 Å². The van der Waals surface area contributed by atoms with Crippen LogP contribution >= 0.6 is 0 Å². The predicted octanol–water partition coefficient (Wildman–Crippen LogP) is 2.24. The number of aliphatic hydroxyl groups is 1. The van der Waals surface area contributed by atoms with E-state index in [1.165, 1.54) is 32.1 Å². The maximum atomic E-state index is 12.3. The molecule has 0 radical (unpaired) electrons. The van der Waals surface area contributed by atoms with Gasteiger partial charge in [-0.1, -0.05) is 25.7 Å². The van der Waals surface area contributed by atoms with E-state index in [-0.39, 0.29) is 24.6 Å². The molecule has 0 aromatic carbocycles. The highest BCUT2D eigenvalue weighted by Crippen LogP contribution is 2.26. The number of nitrogens with one attached hydrogen (secondary N) is 2. The number of carbonyl (C=O) groups excluding carboxylic acids is 1. The molecule has 0 aromatic heterocycles. The van der Waals surface area contributed by atoms with Crippen LogP contribution in [0.2, 0.25) is 0 Å². The lowest BCUT2D eigenvalue weighted by Crippen LogP contribution is -2.53. The van der Waals surface area contributed by atoms with Gasteiger partial charge in [-0.2, -0.15) is 0 Å². The second-order valence-electron chi connectivity index (χ2n) is 7.70. The standard InChI is InChI=1S/C18H33N3O2/c22-13-14-5-1-4-8-17(14)20-18(23)19-15-9-11-21(12-10-15)16-6-2-3-7-16/h14-17,22H,1-13H2,(H2,19,20,23). The van der Waals surface area contributed by atoms with Crippen molar-refractivity contribution in [1.82, 2.24) is 15.5 Å². The highest BCUT2D eigenvalue weighted by molar-refractivity contribution is 5.74. The third kappa shape index (κ3) is 4.60. The van der Waals surface area contributed by atoms with Gasteiger partial charge in [0.05, 0.1) is 0 Å². The molecule has 132 valence electrons. The third-order valence-electron chi connectivity index (χ3n) is 6.17. The number of amides is 2. The van der Waals surface area contributed by atoms with Crippen LogP contribution < -0.4 is 10.6 Å². The van der Waals surface area contributed by atoms with E-state index in [2.05, 4.69) is 15.5 Å². The molecule has 1 saturated heterocycles. The van der Waals surface area contributed by atoms with Crippen LogP contribution in [-0.2, 0) is 0 Å². The van der Waals surface area contributed by atoms with Gasteiger partial charge in [0.25, 0.3) is 0 Å². The summed E-state index contributed by atoms with van der Waals surface area (Å²) in [6, 6.07) is 1.23. The van der Waals surface area contributed by atoms with Crippen molar-refractivity contribution in [2.24, 2.45) is 5.92 Å². The number of piperidine rings is 1. The topological polar surface area (TPSA) is 64.6 Å². The van der Waals surface area contributed by atoms with Crippen LogP contribution in [0, 0.1) is 5.92 Å². The Bertz CT molecular complexity index is 376. The molecule has 2 unspecified atom stereocenters. The molecule has 2 saturated carbocycles. The number of urea groups is 1. The monoisotopic (exact) mass is 323 g/mol. The lowest BCUT2D eigenvalue weighted by Gasteiger charge is -2.37. The van der Waals surface area contributed by atoms with Crippen LogP contribution in [0.15, 0.2) is 0 Å². The summed E-state index contributed by atoms with van der Waals surface area (Å²) in [5, 5.41) is 15.7.